The van der Waals surface area contributed by atoms with Crippen molar-refractivity contribution >= 4 is 29.9 Å². The van der Waals surface area contributed by atoms with Crippen molar-refractivity contribution in [1.29, 1.82) is 0 Å². The lowest BCUT2D eigenvalue weighted by Crippen LogP contribution is -2.69. The summed E-state index contributed by atoms with van der Waals surface area (Å²) in [5.41, 5.74) is 0.0341. The minimum Gasteiger partial charge on any atom is -0.382 e. The van der Waals surface area contributed by atoms with Crippen molar-refractivity contribution in [2.24, 2.45) is 10.4 Å². The molecule has 1 aliphatic rings. The van der Waals surface area contributed by atoms with Crippen LogP contribution in [0.5, 0.6) is 0 Å². The van der Waals surface area contributed by atoms with E-state index in [1.165, 1.54) is 0 Å². The molecule has 0 aromatic rings. The number of nitrogens with zero attached hydrogens (tertiary/aromatic N) is 1. The van der Waals surface area contributed by atoms with Crippen LogP contribution in [0.15, 0.2) is 4.99 Å². The van der Waals surface area contributed by atoms with Crippen molar-refractivity contribution in [1.82, 2.24) is 10.6 Å². The second-order valence-corrected chi connectivity index (χ2v) is 6.72. The van der Waals surface area contributed by atoms with Crippen LogP contribution in [-0.2, 0) is 9.47 Å². The molecule has 1 rings (SSSR count). The average molecular weight is 441 g/mol. The normalized spacial score (nSPS) is 26.2. The van der Waals surface area contributed by atoms with E-state index in [9.17, 15) is 0 Å². The molecule has 2 atom stereocenters. The number of hydrogen-bond donors (Lipinski definition) is 2. The minimum absolute atomic E-state index is 0. The second kappa shape index (κ2) is 10.7. The van der Waals surface area contributed by atoms with Crippen LogP contribution in [0, 0.1) is 5.41 Å². The van der Waals surface area contributed by atoms with E-state index in [-0.39, 0.29) is 35.0 Å². The van der Waals surface area contributed by atoms with E-state index >= 15 is 0 Å². The standard InChI is InChI=1S/C17H35N3O2.HI/c1-7-18-15(19-11-9-10-12-22-8-2)20-14-13-17(5,21-6)16(14,3)4;/h14H,7-13H2,1-6H3,(H2,18,19,20);1H. The molecule has 23 heavy (non-hydrogen) atoms. The molecule has 6 heteroatoms. The molecule has 0 radical (unpaired) electrons. The first-order valence-electron chi connectivity index (χ1n) is 8.59. The minimum atomic E-state index is -0.0561. The zero-order chi connectivity index (χ0) is 16.6. The molecule has 1 aliphatic carbocycles. The van der Waals surface area contributed by atoms with Gasteiger partial charge in [-0.2, -0.15) is 0 Å². The smallest absolute Gasteiger partial charge is 0.191 e. The predicted molar refractivity (Wildman–Crippen MR) is 108 cm³/mol. The SMILES string of the molecule is CCNC(=NCCCCOCC)NC1CC(C)(OC)C1(C)C.I. The van der Waals surface area contributed by atoms with E-state index in [1.807, 2.05) is 6.92 Å². The van der Waals surface area contributed by atoms with Crippen LogP contribution in [0.4, 0.5) is 0 Å². The molecule has 1 fully saturated rings. The number of aliphatic imine (C=N–C) groups is 1. The Morgan fingerprint density at radius 2 is 1.91 bits per heavy atom. The molecular formula is C17H36IN3O2. The molecule has 0 aromatic carbocycles. The highest BCUT2D eigenvalue weighted by molar-refractivity contribution is 14.0. The zero-order valence-corrected chi connectivity index (χ0v) is 18.0. The Hall–Kier alpha value is -0.0800. The Morgan fingerprint density at radius 1 is 1.22 bits per heavy atom. The van der Waals surface area contributed by atoms with Crippen molar-refractivity contribution in [2.45, 2.75) is 65.5 Å². The number of ether oxygens (including phenoxy) is 2. The number of nitrogens with one attached hydrogen (secondary N) is 2. The molecule has 0 heterocycles. The first kappa shape index (κ1) is 22.9. The summed E-state index contributed by atoms with van der Waals surface area (Å²) in [5.74, 6) is 0.912. The summed E-state index contributed by atoms with van der Waals surface area (Å²) in [7, 11) is 1.80. The van der Waals surface area contributed by atoms with Crippen LogP contribution < -0.4 is 10.6 Å². The topological polar surface area (TPSA) is 54.9 Å². The summed E-state index contributed by atoms with van der Waals surface area (Å²) in [6.07, 6.45) is 3.12. The number of halogens is 1. The van der Waals surface area contributed by atoms with Gasteiger partial charge < -0.3 is 20.1 Å². The first-order valence-corrected chi connectivity index (χ1v) is 8.59. The van der Waals surface area contributed by atoms with Gasteiger partial charge in [0.2, 0.25) is 0 Å². The number of guanidine groups is 1. The van der Waals surface area contributed by atoms with Gasteiger partial charge in [-0.05, 0) is 40.0 Å². The van der Waals surface area contributed by atoms with Crippen molar-refractivity contribution in [2.75, 3.05) is 33.4 Å². The quantitative estimate of drug-likeness (QED) is 0.250. The third kappa shape index (κ3) is 6.05. The lowest BCUT2D eigenvalue weighted by atomic mass is 9.56. The first-order chi connectivity index (χ1) is 10.4. The highest BCUT2D eigenvalue weighted by atomic mass is 127. The van der Waals surface area contributed by atoms with Gasteiger partial charge in [0, 0.05) is 44.9 Å². The maximum atomic E-state index is 5.68. The molecule has 0 aromatic heterocycles. The van der Waals surface area contributed by atoms with E-state index < -0.39 is 0 Å². The van der Waals surface area contributed by atoms with Crippen molar-refractivity contribution in [3.63, 3.8) is 0 Å². The van der Waals surface area contributed by atoms with Crippen LogP contribution in [0.1, 0.15) is 53.9 Å². The maximum absolute atomic E-state index is 5.68. The number of hydrogen-bond acceptors (Lipinski definition) is 3. The lowest BCUT2D eigenvalue weighted by Gasteiger charge is -2.59. The third-order valence-electron chi connectivity index (χ3n) is 5.10. The van der Waals surface area contributed by atoms with Crippen LogP contribution in [0.3, 0.4) is 0 Å². The fraction of sp³-hybridized carbons (Fsp3) is 0.941. The highest BCUT2D eigenvalue weighted by Gasteiger charge is 2.58. The van der Waals surface area contributed by atoms with Crippen LogP contribution in [-0.4, -0.2) is 51.0 Å². The van der Waals surface area contributed by atoms with E-state index in [2.05, 4.69) is 43.3 Å². The molecule has 0 saturated heterocycles. The molecule has 0 spiro atoms. The highest BCUT2D eigenvalue weighted by Crippen LogP contribution is 2.51. The molecule has 2 N–H and O–H groups in total. The van der Waals surface area contributed by atoms with Gasteiger partial charge in [-0.15, -0.1) is 24.0 Å². The Morgan fingerprint density at radius 3 is 2.43 bits per heavy atom. The van der Waals surface area contributed by atoms with Crippen molar-refractivity contribution < 1.29 is 9.47 Å². The van der Waals surface area contributed by atoms with Crippen molar-refractivity contribution in [3.05, 3.63) is 0 Å². The molecule has 5 nitrogen and oxygen atoms in total. The maximum Gasteiger partial charge on any atom is 0.191 e. The summed E-state index contributed by atoms with van der Waals surface area (Å²) in [6.45, 7) is 14.1. The Bertz CT molecular complexity index is 364. The largest absolute Gasteiger partial charge is 0.382 e. The third-order valence-corrected chi connectivity index (χ3v) is 5.10. The van der Waals surface area contributed by atoms with Gasteiger partial charge in [0.25, 0.3) is 0 Å². The van der Waals surface area contributed by atoms with Gasteiger partial charge in [-0.3, -0.25) is 4.99 Å². The molecule has 2 unspecified atom stereocenters. The van der Waals surface area contributed by atoms with E-state index in [0.29, 0.717) is 6.04 Å². The Labute approximate surface area is 159 Å². The zero-order valence-electron chi connectivity index (χ0n) is 15.7. The molecule has 0 bridgehead atoms. The summed E-state index contributed by atoms with van der Waals surface area (Å²) in [6, 6.07) is 0.388. The fourth-order valence-electron chi connectivity index (χ4n) is 2.86. The van der Waals surface area contributed by atoms with Crippen LogP contribution in [0.2, 0.25) is 0 Å². The van der Waals surface area contributed by atoms with E-state index in [1.54, 1.807) is 7.11 Å². The summed E-state index contributed by atoms with van der Waals surface area (Å²) >= 11 is 0. The molecule has 138 valence electrons. The molecule has 0 aliphatic heterocycles. The van der Waals surface area contributed by atoms with Gasteiger partial charge in [0.15, 0.2) is 5.96 Å². The van der Waals surface area contributed by atoms with Crippen LogP contribution in [0.25, 0.3) is 0 Å². The van der Waals surface area contributed by atoms with Gasteiger partial charge in [-0.25, -0.2) is 0 Å². The number of methoxy groups -OCH3 is 1. The molecular weight excluding hydrogens is 405 g/mol. The Kier molecular flexibility index (Phi) is 10.7. The molecule has 0 amide bonds. The van der Waals surface area contributed by atoms with E-state index in [0.717, 1.165) is 51.5 Å². The number of rotatable bonds is 9. The van der Waals surface area contributed by atoms with Gasteiger partial charge >= 0.3 is 0 Å². The summed E-state index contributed by atoms with van der Waals surface area (Å²) < 4.78 is 11.0. The van der Waals surface area contributed by atoms with Gasteiger partial charge in [-0.1, -0.05) is 13.8 Å². The number of unbranched alkanes of at least 4 members (excludes halogenated alkanes) is 1. The molecule has 1 saturated carbocycles. The van der Waals surface area contributed by atoms with Gasteiger partial charge in [0.1, 0.15) is 0 Å². The van der Waals surface area contributed by atoms with Crippen LogP contribution >= 0.6 is 24.0 Å². The van der Waals surface area contributed by atoms with E-state index in [4.69, 9.17) is 9.47 Å². The fourth-order valence-corrected chi connectivity index (χ4v) is 2.86. The van der Waals surface area contributed by atoms with Crippen molar-refractivity contribution in [3.8, 4) is 0 Å². The summed E-state index contributed by atoms with van der Waals surface area (Å²) in [4.78, 5) is 4.67. The van der Waals surface area contributed by atoms with Gasteiger partial charge in [0.05, 0.1) is 5.60 Å². The Balaban J connectivity index is 0.00000484. The lowest BCUT2D eigenvalue weighted by molar-refractivity contribution is -0.176. The summed E-state index contributed by atoms with van der Waals surface area (Å²) in [5, 5.41) is 6.90. The predicted octanol–water partition coefficient (Wildman–Crippen LogP) is 3.18. The average Bonchev–Trinajstić information content (AvgIpc) is 2.49. The second-order valence-electron chi connectivity index (χ2n) is 6.72. The monoisotopic (exact) mass is 441 g/mol.